The van der Waals surface area contributed by atoms with Gasteiger partial charge in [-0.3, -0.25) is 4.79 Å². The van der Waals surface area contributed by atoms with Crippen LogP contribution in [0.15, 0.2) is 11.6 Å². The number of aliphatic hydroxyl groups excluding tert-OH is 4. The van der Waals surface area contributed by atoms with E-state index in [1.165, 1.54) is 13.0 Å². The van der Waals surface area contributed by atoms with Gasteiger partial charge in [0.25, 0.3) is 0 Å². The number of ether oxygens (including phenoxy) is 1. The SMILES string of the molecule is CC1=CC(=O)[C@@H](O)[C@@]2(C)[C@@H]1C[C@H]1OC(=O)[C@H](O)[C@@]3(O)[C@@H](C)[C@@H](O)[C@H](O)[C@@H]2[C@@]13C. The molecule has 3 aliphatic carbocycles. The highest BCUT2D eigenvalue weighted by molar-refractivity contribution is 5.96. The third-order valence-corrected chi connectivity index (χ3v) is 8.62. The van der Waals surface area contributed by atoms with Gasteiger partial charge in [-0.1, -0.05) is 26.3 Å². The molecule has 5 N–H and O–H groups in total. The normalized spacial score (nSPS) is 58.4. The fourth-order valence-corrected chi connectivity index (χ4v) is 7.10. The Morgan fingerprint density at radius 2 is 1.68 bits per heavy atom. The van der Waals surface area contributed by atoms with Crippen molar-refractivity contribution in [1.82, 2.24) is 0 Å². The fraction of sp³-hybridized carbons (Fsp3) is 0.800. The molecular weight excluding hydrogens is 368 g/mol. The van der Waals surface area contributed by atoms with Crippen molar-refractivity contribution in [2.24, 2.45) is 28.6 Å². The van der Waals surface area contributed by atoms with Crippen LogP contribution in [0.4, 0.5) is 0 Å². The van der Waals surface area contributed by atoms with E-state index in [9.17, 15) is 35.1 Å². The van der Waals surface area contributed by atoms with Crippen LogP contribution in [0.2, 0.25) is 0 Å². The lowest BCUT2D eigenvalue weighted by Gasteiger charge is -2.71. The smallest absolute Gasteiger partial charge is 0.338 e. The first-order valence-electron chi connectivity index (χ1n) is 9.71. The number of carbonyl (C=O) groups is 2. The van der Waals surface area contributed by atoms with Crippen molar-refractivity contribution >= 4 is 11.8 Å². The van der Waals surface area contributed by atoms with E-state index in [0.29, 0.717) is 5.57 Å². The topological polar surface area (TPSA) is 145 Å². The first kappa shape index (κ1) is 20.0. The molecule has 1 aliphatic heterocycles. The average Bonchev–Trinajstić information content (AvgIpc) is 2.63. The van der Waals surface area contributed by atoms with Gasteiger partial charge >= 0.3 is 5.97 Å². The number of rotatable bonds is 0. The van der Waals surface area contributed by atoms with Gasteiger partial charge in [0.2, 0.25) is 0 Å². The lowest BCUT2D eigenvalue weighted by atomic mass is 9.36. The van der Waals surface area contributed by atoms with Crippen LogP contribution in [-0.2, 0) is 14.3 Å². The Morgan fingerprint density at radius 1 is 1.07 bits per heavy atom. The number of fused-ring (bicyclic) bond motifs is 2. The molecular formula is C20H28O8. The van der Waals surface area contributed by atoms with Crippen molar-refractivity contribution in [3.05, 3.63) is 11.6 Å². The Bertz CT molecular complexity index is 778. The third-order valence-electron chi connectivity index (χ3n) is 8.62. The van der Waals surface area contributed by atoms with Crippen LogP contribution in [0.1, 0.15) is 34.1 Å². The second kappa shape index (κ2) is 5.64. The van der Waals surface area contributed by atoms with E-state index < -0.39 is 76.5 Å². The molecule has 156 valence electrons. The molecule has 0 bridgehead atoms. The maximum Gasteiger partial charge on any atom is 0.338 e. The van der Waals surface area contributed by atoms with E-state index in [2.05, 4.69) is 0 Å². The van der Waals surface area contributed by atoms with Crippen molar-refractivity contribution < 1.29 is 39.9 Å². The lowest BCUT2D eigenvalue weighted by molar-refractivity contribution is -0.356. The monoisotopic (exact) mass is 396 g/mol. The van der Waals surface area contributed by atoms with E-state index in [4.69, 9.17) is 4.74 Å². The number of esters is 1. The van der Waals surface area contributed by atoms with E-state index in [-0.39, 0.29) is 6.42 Å². The van der Waals surface area contributed by atoms with Gasteiger partial charge in [0.1, 0.15) is 17.8 Å². The summed E-state index contributed by atoms with van der Waals surface area (Å²) in [6.45, 7) is 6.49. The van der Waals surface area contributed by atoms with Crippen LogP contribution in [0.5, 0.6) is 0 Å². The standard InChI is InChI=1S/C20H28O8/c1-7-5-10(21)15(24)18(3)9(7)6-11-19(4)14(18)13(23)12(22)8(2)20(19,27)16(25)17(26)28-11/h5,8-9,11-16,22-25,27H,6H2,1-4H3/t8-,9+,11+,12+,13-,14-,15+,16-,18-,19+,20-/m0/s1. The molecule has 2 saturated carbocycles. The molecule has 1 heterocycles. The quantitative estimate of drug-likeness (QED) is 0.325. The second-order valence-electron chi connectivity index (χ2n) is 9.53. The molecule has 8 nitrogen and oxygen atoms in total. The molecule has 4 rings (SSSR count). The highest BCUT2D eigenvalue weighted by Crippen LogP contribution is 2.69. The van der Waals surface area contributed by atoms with Crippen molar-refractivity contribution in [2.45, 2.75) is 70.2 Å². The van der Waals surface area contributed by atoms with Gasteiger partial charge < -0.3 is 30.3 Å². The number of hydrogen-bond acceptors (Lipinski definition) is 8. The third kappa shape index (κ3) is 1.89. The molecule has 1 saturated heterocycles. The van der Waals surface area contributed by atoms with Crippen molar-refractivity contribution in [1.29, 1.82) is 0 Å². The first-order chi connectivity index (χ1) is 12.8. The largest absolute Gasteiger partial charge is 0.460 e. The van der Waals surface area contributed by atoms with Crippen LogP contribution in [0, 0.1) is 28.6 Å². The average molecular weight is 396 g/mol. The molecule has 0 spiro atoms. The summed E-state index contributed by atoms with van der Waals surface area (Å²) in [6.07, 6.45) is -5.50. The summed E-state index contributed by atoms with van der Waals surface area (Å²) < 4.78 is 5.51. The summed E-state index contributed by atoms with van der Waals surface area (Å²) in [5.74, 6) is -3.94. The highest BCUT2D eigenvalue weighted by atomic mass is 16.6. The van der Waals surface area contributed by atoms with Gasteiger partial charge in [-0.2, -0.15) is 0 Å². The Labute approximate surface area is 162 Å². The molecule has 11 atom stereocenters. The predicted molar refractivity (Wildman–Crippen MR) is 94.6 cm³/mol. The molecule has 3 fully saturated rings. The van der Waals surface area contributed by atoms with Gasteiger partial charge in [0.15, 0.2) is 11.9 Å². The molecule has 0 amide bonds. The summed E-state index contributed by atoms with van der Waals surface area (Å²) in [4.78, 5) is 24.8. The molecule has 0 aromatic rings. The highest BCUT2D eigenvalue weighted by Gasteiger charge is 2.79. The van der Waals surface area contributed by atoms with Gasteiger partial charge in [0.05, 0.1) is 12.2 Å². The Morgan fingerprint density at radius 3 is 2.29 bits per heavy atom. The van der Waals surface area contributed by atoms with Crippen molar-refractivity contribution in [2.75, 3.05) is 0 Å². The zero-order chi connectivity index (χ0) is 21.0. The maximum absolute atomic E-state index is 12.5. The summed E-state index contributed by atoms with van der Waals surface area (Å²) in [7, 11) is 0. The van der Waals surface area contributed by atoms with Gasteiger partial charge in [-0.05, 0) is 25.3 Å². The van der Waals surface area contributed by atoms with Crippen LogP contribution in [0.3, 0.4) is 0 Å². The molecule has 4 aliphatic rings. The molecule has 0 aromatic heterocycles. The number of carbonyl (C=O) groups excluding carboxylic acids is 2. The Hall–Kier alpha value is -1.32. The van der Waals surface area contributed by atoms with Crippen LogP contribution >= 0.6 is 0 Å². The minimum atomic E-state index is -2.10. The fourth-order valence-electron chi connectivity index (χ4n) is 7.10. The summed E-state index contributed by atoms with van der Waals surface area (Å²) in [5, 5.41) is 55.0. The van der Waals surface area contributed by atoms with Crippen LogP contribution in [0.25, 0.3) is 0 Å². The molecule has 8 heteroatoms. The van der Waals surface area contributed by atoms with Crippen molar-refractivity contribution in [3.8, 4) is 0 Å². The van der Waals surface area contributed by atoms with Crippen LogP contribution in [-0.4, -0.2) is 73.4 Å². The van der Waals surface area contributed by atoms with Gasteiger partial charge in [-0.25, -0.2) is 4.79 Å². The zero-order valence-electron chi connectivity index (χ0n) is 16.4. The van der Waals surface area contributed by atoms with Gasteiger partial charge in [-0.15, -0.1) is 0 Å². The second-order valence-corrected chi connectivity index (χ2v) is 9.53. The Kier molecular flexibility index (Phi) is 4.02. The van der Waals surface area contributed by atoms with E-state index >= 15 is 0 Å². The molecule has 0 aromatic carbocycles. The van der Waals surface area contributed by atoms with Gasteiger partial charge in [0, 0.05) is 22.7 Å². The number of aliphatic hydroxyl groups is 5. The van der Waals surface area contributed by atoms with Crippen molar-refractivity contribution in [3.63, 3.8) is 0 Å². The van der Waals surface area contributed by atoms with Crippen LogP contribution < -0.4 is 0 Å². The number of allylic oxidation sites excluding steroid dienone is 1. The minimum Gasteiger partial charge on any atom is -0.460 e. The molecule has 0 radical (unpaired) electrons. The minimum absolute atomic E-state index is 0.229. The lowest BCUT2D eigenvalue weighted by Crippen LogP contribution is -2.83. The van der Waals surface area contributed by atoms with E-state index in [1.54, 1.807) is 20.8 Å². The summed E-state index contributed by atoms with van der Waals surface area (Å²) in [6, 6.07) is 0. The van der Waals surface area contributed by atoms with E-state index in [1.807, 2.05) is 0 Å². The van der Waals surface area contributed by atoms with E-state index in [0.717, 1.165) is 0 Å². The molecule has 28 heavy (non-hydrogen) atoms. The maximum atomic E-state index is 12.5. The molecule has 0 unspecified atom stereocenters. The first-order valence-corrected chi connectivity index (χ1v) is 9.71. The number of hydrogen-bond donors (Lipinski definition) is 5. The summed E-state index contributed by atoms with van der Waals surface area (Å²) in [5.41, 5.74) is -4.02. The summed E-state index contributed by atoms with van der Waals surface area (Å²) >= 11 is 0. The Balaban J connectivity index is 2.01. The number of ketones is 1. The predicted octanol–water partition coefficient (Wildman–Crippen LogP) is -1.09. The zero-order valence-corrected chi connectivity index (χ0v) is 16.4.